The molecule has 1 aromatic rings. The number of hydrogen-bond acceptors (Lipinski definition) is 3. The standard InChI is InChI=1S/C19H29N3O3/c1-4-15(5-2)12-22-13-19(25-18(22)24)6-8-21(9-7-19)17(23)16-10-14(3)11-20-16/h10-11,15,20H,4-9,12-13H2,1-3H3. The molecule has 0 radical (unpaired) electrons. The number of nitrogens with zero attached hydrogens (tertiary/aromatic N) is 2. The van der Waals surface area contributed by atoms with Gasteiger partial charge in [-0.1, -0.05) is 26.7 Å². The second-order valence-corrected chi connectivity index (χ2v) is 7.50. The summed E-state index contributed by atoms with van der Waals surface area (Å²) in [6, 6.07) is 1.87. The van der Waals surface area contributed by atoms with Crippen molar-refractivity contribution in [2.24, 2.45) is 5.92 Å². The number of aromatic amines is 1. The van der Waals surface area contributed by atoms with Gasteiger partial charge < -0.3 is 19.5 Å². The highest BCUT2D eigenvalue weighted by molar-refractivity contribution is 5.92. The van der Waals surface area contributed by atoms with Crippen LogP contribution in [0.3, 0.4) is 0 Å². The van der Waals surface area contributed by atoms with Crippen molar-refractivity contribution in [3.8, 4) is 0 Å². The van der Waals surface area contributed by atoms with Crippen molar-refractivity contribution < 1.29 is 14.3 Å². The number of amides is 2. The van der Waals surface area contributed by atoms with Crippen molar-refractivity contribution in [2.45, 2.75) is 52.1 Å². The van der Waals surface area contributed by atoms with Crippen molar-refractivity contribution in [3.63, 3.8) is 0 Å². The van der Waals surface area contributed by atoms with Gasteiger partial charge in [0.15, 0.2) is 0 Å². The first-order valence-electron chi connectivity index (χ1n) is 9.38. The molecule has 0 atom stereocenters. The highest BCUT2D eigenvalue weighted by atomic mass is 16.6. The number of hydrogen-bond donors (Lipinski definition) is 1. The molecule has 138 valence electrons. The van der Waals surface area contributed by atoms with E-state index in [1.54, 1.807) is 0 Å². The molecule has 2 fully saturated rings. The van der Waals surface area contributed by atoms with E-state index in [0.717, 1.165) is 24.9 Å². The molecule has 3 rings (SSSR count). The largest absolute Gasteiger partial charge is 0.441 e. The van der Waals surface area contributed by atoms with Crippen LogP contribution in [0.5, 0.6) is 0 Å². The van der Waals surface area contributed by atoms with Gasteiger partial charge in [0.2, 0.25) is 0 Å². The summed E-state index contributed by atoms with van der Waals surface area (Å²) < 4.78 is 5.77. The Morgan fingerprint density at radius 3 is 2.56 bits per heavy atom. The minimum atomic E-state index is -0.411. The summed E-state index contributed by atoms with van der Waals surface area (Å²) in [5.41, 5.74) is 1.27. The number of carbonyl (C=O) groups excluding carboxylic acids is 2. The van der Waals surface area contributed by atoms with E-state index in [2.05, 4.69) is 18.8 Å². The molecule has 25 heavy (non-hydrogen) atoms. The van der Waals surface area contributed by atoms with Crippen LogP contribution in [0.15, 0.2) is 12.3 Å². The van der Waals surface area contributed by atoms with Crippen molar-refractivity contribution in [1.29, 1.82) is 0 Å². The first-order chi connectivity index (χ1) is 12.0. The van der Waals surface area contributed by atoms with E-state index < -0.39 is 5.60 Å². The summed E-state index contributed by atoms with van der Waals surface area (Å²) in [7, 11) is 0. The molecule has 2 aliphatic rings. The molecule has 3 heterocycles. The number of piperidine rings is 1. The fraction of sp³-hybridized carbons (Fsp3) is 0.684. The third-order valence-electron chi connectivity index (χ3n) is 5.69. The maximum Gasteiger partial charge on any atom is 0.410 e. The van der Waals surface area contributed by atoms with Crippen LogP contribution in [0.1, 0.15) is 55.6 Å². The predicted octanol–water partition coefficient (Wildman–Crippen LogP) is 3.19. The van der Waals surface area contributed by atoms with Crippen LogP contribution < -0.4 is 0 Å². The first kappa shape index (κ1) is 17.8. The lowest BCUT2D eigenvalue weighted by atomic mass is 9.90. The summed E-state index contributed by atoms with van der Waals surface area (Å²) in [4.78, 5) is 31.6. The maximum atomic E-state index is 12.5. The number of likely N-dealkylation sites (tertiary alicyclic amines) is 1. The van der Waals surface area contributed by atoms with E-state index in [0.29, 0.717) is 44.1 Å². The molecular weight excluding hydrogens is 318 g/mol. The van der Waals surface area contributed by atoms with Crippen LogP contribution in [0.25, 0.3) is 0 Å². The summed E-state index contributed by atoms with van der Waals surface area (Å²) in [6.45, 7) is 8.98. The highest BCUT2D eigenvalue weighted by Crippen LogP contribution is 2.34. The topological polar surface area (TPSA) is 65.6 Å². The molecule has 6 heteroatoms. The van der Waals surface area contributed by atoms with Gasteiger partial charge in [0.25, 0.3) is 5.91 Å². The molecule has 0 unspecified atom stereocenters. The molecule has 0 bridgehead atoms. The quantitative estimate of drug-likeness (QED) is 0.889. The summed E-state index contributed by atoms with van der Waals surface area (Å²) >= 11 is 0. The normalized spacial score (nSPS) is 19.8. The lowest BCUT2D eigenvalue weighted by Crippen LogP contribution is -2.49. The third kappa shape index (κ3) is 3.67. The van der Waals surface area contributed by atoms with Crippen LogP contribution >= 0.6 is 0 Å². The van der Waals surface area contributed by atoms with Crippen LogP contribution in [0.4, 0.5) is 4.79 Å². The summed E-state index contributed by atoms with van der Waals surface area (Å²) in [5, 5.41) is 0. The Hall–Kier alpha value is -1.98. The third-order valence-corrected chi connectivity index (χ3v) is 5.69. The maximum absolute atomic E-state index is 12.5. The van der Waals surface area contributed by atoms with E-state index in [9.17, 15) is 9.59 Å². The number of aryl methyl sites for hydroxylation is 1. The molecular formula is C19H29N3O3. The van der Waals surface area contributed by atoms with Crippen LogP contribution in [-0.4, -0.2) is 58.6 Å². The van der Waals surface area contributed by atoms with Gasteiger partial charge in [-0.15, -0.1) is 0 Å². The Morgan fingerprint density at radius 1 is 1.32 bits per heavy atom. The zero-order chi connectivity index (χ0) is 18.0. The van der Waals surface area contributed by atoms with Gasteiger partial charge in [0.1, 0.15) is 11.3 Å². The Kier molecular flexibility index (Phi) is 5.06. The monoisotopic (exact) mass is 347 g/mol. The molecule has 2 aliphatic heterocycles. The predicted molar refractivity (Wildman–Crippen MR) is 95.5 cm³/mol. The van der Waals surface area contributed by atoms with E-state index in [1.165, 1.54) is 0 Å². The molecule has 2 amide bonds. The number of aromatic nitrogens is 1. The second kappa shape index (κ2) is 7.10. The van der Waals surface area contributed by atoms with Gasteiger partial charge in [0.05, 0.1) is 6.54 Å². The molecule has 6 nitrogen and oxygen atoms in total. The SMILES string of the molecule is CCC(CC)CN1CC2(CCN(C(=O)c3cc(C)c[nH]3)CC2)OC1=O. The lowest BCUT2D eigenvalue weighted by molar-refractivity contribution is 0.00296. The van der Waals surface area contributed by atoms with Crippen molar-refractivity contribution in [3.05, 3.63) is 23.5 Å². The summed E-state index contributed by atoms with van der Waals surface area (Å²) in [6.07, 6.45) is 5.23. The zero-order valence-electron chi connectivity index (χ0n) is 15.5. The van der Waals surface area contributed by atoms with E-state index in [-0.39, 0.29) is 12.0 Å². The Morgan fingerprint density at radius 2 is 2.00 bits per heavy atom. The lowest BCUT2D eigenvalue weighted by Gasteiger charge is -2.37. The number of nitrogens with one attached hydrogen (secondary N) is 1. The number of ether oxygens (including phenoxy) is 1. The molecule has 2 saturated heterocycles. The molecule has 1 aromatic heterocycles. The molecule has 1 spiro atoms. The van der Waals surface area contributed by atoms with Crippen LogP contribution in [0, 0.1) is 12.8 Å². The van der Waals surface area contributed by atoms with Crippen molar-refractivity contribution >= 4 is 12.0 Å². The minimum absolute atomic E-state index is 0.0289. The van der Waals surface area contributed by atoms with Gasteiger partial charge >= 0.3 is 6.09 Å². The Bertz CT molecular complexity index is 628. The Labute approximate surface area is 149 Å². The zero-order valence-corrected chi connectivity index (χ0v) is 15.5. The molecule has 0 aromatic carbocycles. The van der Waals surface area contributed by atoms with Crippen LogP contribution in [0.2, 0.25) is 0 Å². The van der Waals surface area contributed by atoms with E-state index >= 15 is 0 Å². The Balaban J connectivity index is 1.58. The van der Waals surface area contributed by atoms with Crippen LogP contribution in [-0.2, 0) is 4.74 Å². The first-order valence-corrected chi connectivity index (χ1v) is 9.38. The number of carbonyl (C=O) groups is 2. The van der Waals surface area contributed by atoms with E-state index in [1.807, 2.05) is 29.0 Å². The fourth-order valence-electron chi connectivity index (χ4n) is 3.87. The molecule has 0 aliphatic carbocycles. The highest BCUT2D eigenvalue weighted by Gasteiger charge is 2.47. The average Bonchev–Trinajstić information content (AvgIpc) is 3.16. The summed E-state index contributed by atoms with van der Waals surface area (Å²) in [5.74, 6) is 0.557. The van der Waals surface area contributed by atoms with Gasteiger partial charge in [-0.2, -0.15) is 0 Å². The van der Waals surface area contributed by atoms with Gasteiger partial charge in [-0.3, -0.25) is 4.79 Å². The van der Waals surface area contributed by atoms with Crippen molar-refractivity contribution in [2.75, 3.05) is 26.2 Å². The average molecular weight is 347 g/mol. The number of H-pyrrole nitrogens is 1. The van der Waals surface area contributed by atoms with Gasteiger partial charge in [-0.25, -0.2) is 4.79 Å². The minimum Gasteiger partial charge on any atom is -0.441 e. The van der Waals surface area contributed by atoms with Gasteiger partial charge in [-0.05, 0) is 24.5 Å². The van der Waals surface area contributed by atoms with Crippen molar-refractivity contribution in [1.82, 2.24) is 14.8 Å². The van der Waals surface area contributed by atoms with E-state index in [4.69, 9.17) is 4.74 Å². The van der Waals surface area contributed by atoms with Gasteiger partial charge in [0, 0.05) is 38.7 Å². The smallest absolute Gasteiger partial charge is 0.410 e. The fourth-order valence-corrected chi connectivity index (χ4v) is 3.87. The molecule has 1 N–H and O–H groups in total. The number of rotatable bonds is 5. The molecule has 0 saturated carbocycles. The second-order valence-electron chi connectivity index (χ2n) is 7.50.